The molecule has 1 aromatic carbocycles. The Balaban J connectivity index is 1.67. The maximum absolute atomic E-state index is 10.8. The Morgan fingerprint density at radius 3 is 3.00 bits per heavy atom. The van der Waals surface area contributed by atoms with E-state index in [1.807, 2.05) is 6.07 Å². The van der Waals surface area contributed by atoms with Gasteiger partial charge in [-0.3, -0.25) is 0 Å². The fourth-order valence-corrected chi connectivity index (χ4v) is 6.15. The molecule has 1 N–H and O–H groups in total. The topological polar surface area (TPSA) is 47.9 Å². The van der Waals surface area contributed by atoms with Crippen molar-refractivity contribution in [1.29, 1.82) is 0 Å². The molecule has 2 aliphatic heterocycles. The van der Waals surface area contributed by atoms with Gasteiger partial charge in [-0.1, -0.05) is 25.0 Å². The van der Waals surface area contributed by atoms with Crippen LogP contribution in [0, 0.1) is 5.41 Å². The third-order valence-electron chi connectivity index (χ3n) is 7.09. The molecular formula is C21H26O4. The average Bonchev–Trinajstić information content (AvgIpc) is 3.09. The highest BCUT2D eigenvalue weighted by Gasteiger charge is 2.75. The molecule has 0 aromatic heterocycles. The number of benzene rings is 1. The first kappa shape index (κ1) is 15.9. The van der Waals surface area contributed by atoms with Crippen molar-refractivity contribution in [2.45, 2.75) is 68.5 Å². The van der Waals surface area contributed by atoms with E-state index in [4.69, 9.17) is 14.2 Å². The molecule has 1 aromatic rings. The molecule has 134 valence electrons. The van der Waals surface area contributed by atoms with Gasteiger partial charge in [-0.15, -0.1) is 6.58 Å². The predicted molar refractivity (Wildman–Crippen MR) is 93.5 cm³/mol. The maximum atomic E-state index is 10.8. The SMILES string of the molecule is C=CC[C@@H](O)[C@H]1O[C@H]2c3cc(OC)ccc3[C@@H]3C[C@]24CCCC[C@]14O3. The van der Waals surface area contributed by atoms with Crippen LogP contribution >= 0.6 is 0 Å². The molecule has 6 atom stereocenters. The van der Waals surface area contributed by atoms with E-state index >= 15 is 0 Å². The van der Waals surface area contributed by atoms with Crippen molar-refractivity contribution in [2.75, 3.05) is 7.11 Å². The number of aliphatic hydroxyl groups excluding tert-OH is 1. The van der Waals surface area contributed by atoms with Crippen molar-refractivity contribution in [3.63, 3.8) is 0 Å². The molecule has 0 amide bonds. The number of rotatable bonds is 4. The first-order chi connectivity index (χ1) is 12.1. The van der Waals surface area contributed by atoms with Gasteiger partial charge in [-0.05, 0) is 48.9 Å². The summed E-state index contributed by atoms with van der Waals surface area (Å²) in [5, 5.41) is 10.8. The van der Waals surface area contributed by atoms with Gasteiger partial charge >= 0.3 is 0 Å². The summed E-state index contributed by atoms with van der Waals surface area (Å²) < 4.78 is 18.8. The maximum Gasteiger partial charge on any atom is 0.119 e. The largest absolute Gasteiger partial charge is 0.497 e. The van der Waals surface area contributed by atoms with Crippen molar-refractivity contribution in [2.24, 2.45) is 5.41 Å². The smallest absolute Gasteiger partial charge is 0.119 e. The Bertz CT molecular complexity index is 716. The zero-order valence-corrected chi connectivity index (χ0v) is 14.7. The first-order valence-corrected chi connectivity index (χ1v) is 9.45. The molecule has 2 aliphatic carbocycles. The summed E-state index contributed by atoms with van der Waals surface area (Å²) in [7, 11) is 1.70. The van der Waals surface area contributed by atoms with E-state index in [0.29, 0.717) is 6.42 Å². The van der Waals surface area contributed by atoms with Crippen LogP contribution in [-0.4, -0.2) is 30.0 Å². The lowest BCUT2D eigenvalue weighted by Crippen LogP contribution is -2.54. The molecule has 2 heterocycles. The molecule has 4 heteroatoms. The summed E-state index contributed by atoms with van der Waals surface area (Å²) in [5.74, 6) is 0.858. The van der Waals surface area contributed by atoms with Gasteiger partial charge in [-0.2, -0.15) is 0 Å². The summed E-state index contributed by atoms with van der Waals surface area (Å²) in [6.45, 7) is 3.79. The number of hydrogen-bond donors (Lipinski definition) is 1. The molecule has 4 aliphatic rings. The molecule has 4 nitrogen and oxygen atoms in total. The second-order valence-electron chi connectivity index (χ2n) is 8.09. The minimum atomic E-state index is -0.564. The zero-order valence-electron chi connectivity index (χ0n) is 14.7. The minimum absolute atomic E-state index is 0.0118. The van der Waals surface area contributed by atoms with Crippen molar-refractivity contribution < 1.29 is 19.3 Å². The summed E-state index contributed by atoms with van der Waals surface area (Å²) in [5.41, 5.74) is 2.06. The first-order valence-electron chi connectivity index (χ1n) is 9.45. The molecule has 2 bridgehead atoms. The highest BCUT2D eigenvalue weighted by atomic mass is 16.6. The van der Waals surface area contributed by atoms with Crippen molar-refractivity contribution >= 4 is 0 Å². The molecule has 0 radical (unpaired) electrons. The second kappa shape index (κ2) is 5.32. The Morgan fingerprint density at radius 1 is 1.36 bits per heavy atom. The van der Waals surface area contributed by atoms with Gasteiger partial charge in [0.05, 0.1) is 25.4 Å². The van der Waals surface area contributed by atoms with Crippen LogP contribution in [0.25, 0.3) is 0 Å². The summed E-state index contributed by atoms with van der Waals surface area (Å²) >= 11 is 0. The normalized spacial score (nSPS) is 41.8. The van der Waals surface area contributed by atoms with E-state index in [1.165, 1.54) is 17.5 Å². The lowest BCUT2D eigenvalue weighted by atomic mass is 9.56. The molecule has 1 spiro atoms. The van der Waals surface area contributed by atoms with Crippen LogP contribution in [0.15, 0.2) is 30.9 Å². The zero-order chi connectivity index (χ0) is 17.2. The van der Waals surface area contributed by atoms with Crippen LogP contribution < -0.4 is 4.74 Å². The summed E-state index contributed by atoms with van der Waals surface area (Å²) in [6, 6.07) is 6.26. The Labute approximate surface area is 148 Å². The molecule has 5 rings (SSSR count). The van der Waals surface area contributed by atoms with Gasteiger partial charge in [0, 0.05) is 5.41 Å². The van der Waals surface area contributed by atoms with Crippen molar-refractivity contribution in [1.82, 2.24) is 0 Å². The average molecular weight is 342 g/mol. The summed E-state index contributed by atoms with van der Waals surface area (Å²) in [6.07, 6.45) is 7.01. The summed E-state index contributed by atoms with van der Waals surface area (Å²) in [4.78, 5) is 0. The van der Waals surface area contributed by atoms with Crippen molar-refractivity contribution in [3.05, 3.63) is 42.0 Å². The highest BCUT2D eigenvalue weighted by molar-refractivity contribution is 5.46. The van der Waals surface area contributed by atoms with E-state index in [0.717, 1.165) is 31.4 Å². The molecule has 3 fully saturated rings. The van der Waals surface area contributed by atoms with E-state index in [1.54, 1.807) is 13.2 Å². The van der Waals surface area contributed by atoms with E-state index < -0.39 is 6.10 Å². The monoisotopic (exact) mass is 342 g/mol. The standard InChI is InChI=1S/C21H26O4/c1-3-6-16(22)19-21-10-5-4-9-20(21)12-17(25-21)14-8-7-13(23-2)11-15(14)18(20)24-19/h3,7-8,11,16-19,22H,1,4-6,9-10,12H2,2H3/t16-,17+,18+,19-,20-,21+/m1/s1. The Morgan fingerprint density at radius 2 is 2.20 bits per heavy atom. The lowest BCUT2D eigenvalue weighted by Gasteiger charge is -2.46. The van der Waals surface area contributed by atoms with Crippen molar-refractivity contribution in [3.8, 4) is 5.75 Å². The number of hydrogen-bond acceptors (Lipinski definition) is 4. The fraction of sp³-hybridized carbons (Fsp3) is 0.619. The van der Waals surface area contributed by atoms with E-state index in [-0.39, 0.29) is 29.3 Å². The van der Waals surface area contributed by atoms with Gasteiger partial charge < -0.3 is 19.3 Å². The Hall–Kier alpha value is -1.36. The molecule has 0 unspecified atom stereocenters. The number of aliphatic hydroxyl groups is 1. The van der Waals surface area contributed by atoms with Gasteiger partial charge in [0.25, 0.3) is 0 Å². The van der Waals surface area contributed by atoms with Gasteiger partial charge in [0.1, 0.15) is 17.5 Å². The number of ether oxygens (including phenoxy) is 3. The molecule has 25 heavy (non-hydrogen) atoms. The van der Waals surface area contributed by atoms with Crippen LogP contribution in [0.1, 0.15) is 61.9 Å². The fourth-order valence-electron chi connectivity index (χ4n) is 6.15. The molecule has 2 saturated heterocycles. The van der Waals surface area contributed by atoms with Crippen LogP contribution in [0.2, 0.25) is 0 Å². The third-order valence-corrected chi connectivity index (χ3v) is 7.09. The molecular weight excluding hydrogens is 316 g/mol. The van der Waals surface area contributed by atoms with Crippen LogP contribution in [0.5, 0.6) is 5.75 Å². The minimum Gasteiger partial charge on any atom is -0.497 e. The van der Waals surface area contributed by atoms with Gasteiger partial charge in [0.15, 0.2) is 0 Å². The van der Waals surface area contributed by atoms with Gasteiger partial charge in [-0.25, -0.2) is 0 Å². The van der Waals surface area contributed by atoms with E-state index in [9.17, 15) is 5.11 Å². The third kappa shape index (κ3) is 1.83. The number of fused-ring (bicyclic) bond motifs is 4. The van der Waals surface area contributed by atoms with E-state index in [2.05, 4.69) is 18.7 Å². The highest BCUT2D eigenvalue weighted by Crippen LogP contribution is 2.74. The predicted octanol–water partition coefficient (Wildman–Crippen LogP) is 3.85. The molecule has 1 saturated carbocycles. The van der Waals surface area contributed by atoms with Crippen LogP contribution in [0.4, 0.5) is 0 Å². The van der Waals surface area contributed by atoms with Crippen LogP contribution in [0.3, 0.4) is 0 Å². The Kier molecular flexibility index (Phi) is 3.38. The quantitative estimate of drug-likeness (QED) is 0.845. The van der Waals surface area contributed by atoms with Gasteiger partial charge in [0.2, 0.25) is 0 Å². The second-order valence-corrected chi connectivity index (χ2v) is 8.09. The lowest BCUT2D eigenvalue weighted by molar-refractivity contribution is -0.159. The number of methoxy groups -OCH3 is 1. The van der Waals surface area contributed by atoms with Crippen LogP contribution in [-0.2, 0) is 9.47 Å².